The van der Waals surface area contributed by atoms with Crippen LogP contribution in [-0.2, 0) is 17.6 Å². The van der Waals surface area contributed by atoms with Crippen LogP contribution in [0.2, 0.25) is 0 Å². The van der Waals surface area contributed by atoms with E-state index in [-0.39, 0.29) is 29.6 Å². The number of aryl methyl sites for hydroxylation is 2. The van der Waals surface area contributed by atoms with E-state index >= 15 is 0 Å². The fourth-order valence-corrected chi connectivity index (χ4v) is 3.74. The van der Waals surface area contributed by atoms with Crippen molar-refractivity contribution in [2.45, 2.75) is 46.5 Å². The van der Waals surface area contributed by atoms with Gasteiger partial charge in [0.2, 0.25) is 17.8 Å². The first-order valence-electron chi connectivity index (χ1n) is 10.7. The van der Waals surface area contributed by atoms with Gasteiger partial charge in [0.05, 0.1) is 11.4 Å². The quantitative estimate of drug-likeness (QED) is 0.501. The molecule has 4 rings (SSSR count). The number of nitrogens with zero attached hydrogens (tertiary/aromatic N) is 2. The number of rotatable bonds is 5. The third-order valence-electron chi connectivity index (χ3n) is 5.99. The summed E-state index contributed by atoms with van der Waals surface area (Å²) in [6.07, 6.45) is 1.47. The van der Waals surface area contributed by atoms with Gasteiger partial charge in [0.1, 0.15) is 0 Å². The largest absolute Gasteiger partial charge is 0.328 e. The van der Waals surface area contributed by atoms with Crippen molar-refractivity contribution in [1.29, 1.82) is 0 Å². The third kappa shape index (κ3) is 4.23. The summed E-state index contributed by atoms with van der Waals surface area (Å²) < 4.78 is 0. The highest BCUT2D eigenvalue weighted by atomic mass is 16.2. The molecule has 8 nitrogen and oxygen atoms in total. The first-order valence-corrected chi connectivity index (χ1v) is 10.7. The van der Waals surface area contributed by atoms with Crippen molar-refractivity contribution in [3.8, 4) is 0 Å². The molecule has 1 aliphatic rings. The zero-order valence-electron chi connectivity index (χ0n) is 18.2. The van der Waals surface area contributed by atoms with E-state index in [1.807, 2.05) is 45.9 Å². The standard InChI is InChI=1S/C23H28N6O2/c1-12(2)13(3)20(30)28-22-24-16-10-11-17-19(14(4)18(16)26-22)27-23(25-17)29-21(31)15-8-6-5-7-9-15/h5-9,12-14H,10-11H2,1-4H3,(H2,24,26,28,30)(H2,25,27,29,31). The molecule has 4 N–H and O–H groups in total. The minimum atomic E-state index is -0.207. The van der Waals surface area contributed by atoms with Crippen LogP contribution in [0.25, 0.3) is 0 Å². The molecule has 2 amide bonds. The SMILES string of the molecule is CC1c2nc(NC(=O)c3ccccc3)[nH]c2CCc2[nH]c(NC(=O)C(C)C(C)C)nc21. The highest BCUT2D eigenvalue weighted by molar-refractivity contribution is 6.03. The van der Waals surface area contributed by atoms with Crippen LogP contribution in [0.3, 0.4) is 0 Å². The average molecular weight is 421 g/mol. The van der Waals surface area contributed by atoms with Crippen LogP contribution in [0, 0.1) is 11.8 Å². The Bertz CT molecular complexity index is 1100. The Kier molecular flexibility index (Phi) is 5.63. The van der Waals surface area contributed by atoms with Crippen LogP contribution in [0.4, 0.5) is 11.9 Å². The lowest BCUT2D eigenvalue weighted by molar-refractivity contribution is -0.120. The zero-order valence-corrected chi connectivity index (χ0v) is 18.2. The molecule has 8 heteroatoms. The molecule has 2 unspecified atom stereocenters. The van der Waals surface area contributed by atoms with Crippen LogP contribution in [-0.4, -0.2) is 31.8 Å². The van der Waals surface area contributed by atoms with E-state index in [1.165, 1.54) is 0 Å². The summed E-state index contributed by atoms with van der Waals surface area (Å²) >= 11 is 0. The number of carbonyl (C=O) groups excluding carboxylic acids is 2. The summed E-state index contributed by atoms with van der Waals surface area (Å²) in [7, 11) is 0. The van der Waals surface area contributed by atoms with E-state index in [2.05, 4.69) is 30.6 Å². The van der Waals surface area contributed by atoms with Gasteiger partial charge >= 0.3 is 0 Å². The number of benzene rings is 1. The summed E-state index contributed by atoms with van der Waals surface area (Å²) in [5, 5.41) is 5.75. The smallest absolute Gasteiger partial charge is 0.257 e. The van der Waals surface area contributed by atoms with Gasteiger partial charge < -0.3 is 9.97 Å². The van der Waals surface area contributed by atoms with Crippen LogP contribution < -0.4 is 10.6 Å². The lowest BCUT2D eigenvalue weighted by Gasteiger charge is -2.13. The fourth-order valence-electron chi connectivity index (χ4n) is 3.74. The number of hydrogen-bond acceptors (Lipinski definition) is 4. The molecule has 1 aromatic carbocycles. The molecule has 0 radical (unpaired) electrons. The molecule has 1 aliphatic carbocycles. The molecule has 0 saturated heterocycles. The van der Waals surface area contributed by atoms with Crippen molar-refractivity contribution < 1.29 is 9.59 Å². The molecule has 31 heavy (non-hydrogen) atoms. The van der Waals surface area contributed by atoms with Crippen molar-refractivity contribution in [1.82, 2.24) is 19.9 Å². The van der Waals surface area contributed by atoms with Gasteiger partial charge in [-0.15, -0.1) is 0 Å². The molecular weight excluding hydrogens is 392 g/mol. The maximum absolute atomic E-state index is 12.5. The molecule has 0 fully saturated rings. The number of fused-ring (bicyclic) bond motifs is 2. The lowest BCUT2D eigenvalue weighted by Crippen LogP contribution is -2.24. The third-order valence-corrected chi connectivity index (χ3v) is 5.99. The number of aromatic nitrogens is 4. The molecule has 162 valence electrons. The van der Waals surface area contributed by atoms with Gasteiger partial charge in [-0.3, -0.25) is 20.2 Å². The molecular formula is C23H28N6O2. The van der Waals surface area contributed by atoms with Gasteiger partial charge in [0.25, 0.3) is 5.91 Å². The Morgan fingerprint density at radius 1 is 0.935 bits per heavy atom. The van der Waals surface area contributed by atoms with Gasteiger partial charge in [-0.25, -0.2) is 9.97 Å². The first kappa shape index (κ1) is 20.8. The predicted molar refractivity (Wildman–Crippen MR) is 119 cm³/mol. The number of aromatic amines is 2. The summed E-state index contributed by atoms with van der Waals surface area (Å²) in [6, 6.07) is 9.04. The second-order valence-electron chi connectivity index (χ2n) is 8.46. The van der Waals surface area contributed by atoms with Crippen molar-refractivity contribution in [3.05, 3.63) is 58.7 Å². The number of hydrogen-bond donors (Lipinski definition) is 4. The zero-order chi connectivity index (χ0) is 22.1. The van der Waals surface area contributed by atoms with Gasteiger partial charge in [-0.2, -0.15) is 0 Å². The molecule has 2 atom stereocenters. The maximum atomic E-state index is 12.5. The van der Waals surface area contributed by atoms with E-state index in [1.54, 1.807) is 12.1 Å². The Morgan fingerprint density at radius 2 is 1.48 bits per heavy atom. The fraction of sp³-hybridized carbons (Fsp3) is 0.391. The molecule has 2 heterocycles. The predicted octanol–water partition coefficient (Wildman–Crippen LogP) is 3.87. The Hall–Kier alpha value is -3.42. The number of carbonyl (C=O) groups is 2. The van der Waals surface area contributed by atoms with Gasteiger partial charge in [-0.05, 0) is 30.9 Å². The minimum Gasteiger partial charge on any atom is -0.328 e. The number of anilines is 2. The summed E-state index contributed by atoms with van der Waals surface area (Å²) in [4.78, 5) is 40.7. The van der Waals surface area contributed by atoms with E-state index in [4.69, 9.17) is 0 Å². The van der Waals surface area contributed by atoms with Gasteiger partial charge in [0, 0.05) is 28.8 Å². The molecule has 3 aromatic rings. The highest BCUT2D eigenvalue weighted by Gasteiger charge is 2.28. The van der Waals surface area contributed by atoms with Gasteiger partial charge in [-0.1, -0.05) is 45.9 Å². The molecule has 0 aliphatic heterocycles. The summed E-state index contributed by atoms with van der Waals surface area (Å²) in [5.74, 6) is 0.740. The topological polar surface area (TPSA) is 116 Å². The number of H-pyrrole nitrogens is 2. The Balaban J connectivity index is 1.52. The Morgan fingerprint density at radius 3 is 2.03 bits per heavy atom. The first-order chi connectivity index (χ1) is 14.8. The van der Waals surface area contributed by atoms with Crippen LogP contribution in [0.15, 0.2) is 30.3 Å². The van der Waals surface area contributed by atoms with E-state index in [0.717, 1.165) is 35.6 Å². The molecule has 0 bridgehead atoms. The molecule has 2 aromatic heterocycles. The number of nitrogens with one attached hydrogen (secondary N) is 4. The van der Waals surface area contributed by atoms with Crippen LogP contribution in [0.5, 0.6) is 0 Å². The van der Waals surface area contributed by atoms with E-state index < -0.39 is 0 Å². The minimum absolute atomic E-state index is 0.0436. The summed E-state index contributed by atoms with van der Waals surface area (Å²) in [5.41, 5.74) is 4.30. The van der Waals surface area contributed by atoms with E-state index in [9.17, 15) is 9.59 Å². The van der Waals surface area contributed by atoms with Crippen LogP contribution in [0.1, 0.15) is 66.7 Å². The van der Waals surface area contributed by atoms with Crippen molar-refractivity contribution in [2.75, 3.05) is 10.6 Å². The van der Waals surface area contributed by atoms with E-state index in [0.29, 0.717) is 17.5 Å². The second kappa shape index (κ2) is 8.37. The molecule has 0 saturated carbocycles. The number of amides is 2. The van der Waals surface area contributed by atoms with Crippen molar-refractivity contribution in [2.24, 2.45) is 11.8 Å². The van der Waals surface area contributed by atoms with Gasteiger partial charge in [0.15, 0.2) is 0 Å². The second-order valence-corrected chi connectivity index (χ2v) is 8.46. The average Bonchev–Trinajstić information content (AvgIpc) is 3.32. The highest BCUT2D eigenvalue weighted by Crippen LogP contribution is 2.33. The van der Waals surface area contributed by atoms with Crippen molar-refractivity contribution in [3.63, 3.8) is 0 Å². The monoisotopic (exact) mass is 420 g/mol. The number of imidazole rings is 2. The van der Waals surface area contributed by atoms with Crippen molar-refractivity contribution >= 4 is 23.7 Å². The lowest BCUT2D eigenvalue weighted by atomic mass is 9.97. The Labute approximate surface area is 181 Å². The normalized spacial score (nSPS) is 16.2. The maximum Gasteiger partial charge on any atom is 0.257 e. The van der Waals surface area contributed by atoms with Crippen LogP contribution >= 0.6 is 0 Å². The summed E-state index contributed by atoms with van der Waals surface area (Å²) in [6.45, 7) is 8.00. The molecule has 0 spiro atoms.